The van der Waals surface area contributed by atoms with E-state index in [0.717, 1.165) is 31.1 Å². The summed E-state index contributed by atoms with van der Waals surface area (Å²) < 4.78 is 2.04. The van der Waals surface area contributed by atoms with Crippen LogP contribution in [0.1, 0.15) is 31.5 Å². The Balaban J connectivity index is 2.19. The third-order valence-electron chi connectivity index (χ3n) is 3.65. The number of aliphatic hydroxyl groups excluding tert-OH is 1. The maximum absolute atomic E-state index is 10.7. The number of hydrogen-bond donors (Lipinski definition) is 2. The third-order valence-corrected chi connectivity index (χ3v) is 6.01. The Kier molecular flexibility index (Phi) is 5.34. The van der Waals surface area contributed by atoms with Gasteiger partial charge in [-0.3, -0.25) is 4.79 Å². The van der Waals surface area contributed by atoms with E-state index >= 15 is 0 Å². The summed E-state index contributed by atoms with van der Waals surface area (Å²) in [6, 6.07) is 0. The third kappa shape index (κ3) is 3.48. The molecule has 0 aromatic carbocycles. The van der Waals surface area contributed by atoms with E-state index in [1.165, 1.54) is 12.8 Å². The second kappa shape index (κ2) is 6.82. The number of carboxylic acid groups (broad SMARTS) is 1. The number of aromatic nitrogens is 3. The van der Waals surface area contributed by atoms with E-state index in [1.54, 1.807) is 0 Å². The predicted molar refractivity (Wildman–Crippen MR) is 79.0 cm³/mol. The molecule has 1 aliphatic rings. The maximum atomic E-state index is 10.7. The largest absolute Gasteiger partial charge is 0.481 e. The van der Waals surface area contributed by atoms with Crippen LogP contribution in [-0.2, 0) is 17.9 Å². The number of rotatable bonds is 7. The van der Waals surface area contributed by atoms with Crippen LogP contribution in [0.3, 0.4) is 0 Å². The first-order chi connectivity index (χ1) is 9.60. The highest BCUT2D eigenvalue weighted by Gasteiger charge is 2.35. The lowest BCUT2D eigenvalue weighted by Gasteiger charge is -2.28. The first-order valence-electron chi connectivity index (χ1n) is 6.53. The molecule has 0 bridgehead atoms. The Morgan fingerprint density at radius 1 is 1.40 bits per heavy atom. The number of carboxylic acids is 1. The summed E-state index contributed by atoms with van der Waals surface area (Å²) in [5, 5.41) is 26.7. The number of hydrogen-bond acceptors (Lipinski definition) is 6. The molecule has 0 aliphatic heterocycles. The SMILES string of the molecule is CSC1(Cn2c(CO)nnc2SCC(=O)O)CCCC1. The summed E-state index contributed by atoms with van der Waals surface area (Å²) in [6.45, 7) is 0.560. The van der Waals surface area contributed by atoms with E-state index in [4.69, 9.17) is 5.11 Å². The zero-order valence-corrected chi connectivity index (χ0v) is 13.0. The average molecular weight is 317 g/mol. The topological polar surface area (TPSA) is 88.2 Å². The van der Waals surface area contributed by atoms with Gasteiger partial charge in [0.05, 0.1) is 5.75 Å². The Labute approximate surface area is 126 Å². The van der Waals surface area contributed by atoms with Crippen LogP contribution < -0.4 is 0 Å². The molecular formula is C12H19N3O3S2. The monoisotopic (exact) mass is 317 g/mol. The molecule has 112 valence electrons. The van der Waals surface area contributed by atoms with Gasteiger partial charge in [0.15, 0.2) is 11.0 Å². The van der Waals surface area contributed by atoms with E-state index in [-0.39, 0.29) is 17.1 Å². The average Bonchev–Trinajstić information content (AvgIpc) is 3.04. The lowest BCUT2D eigenvalue weighted by atomic mass is 10.1. The Morgan fingerprint density at radius 2 is 2.10 bits per heavy atom. The highest BCUT2D eigenvalue weighted by Crippen LogP contribution is 2.42. The van der Waals surface area contributed by atoms with Crippen LogP contribution in [0.4, 0.5) is 0 Å². The molecule has 0 spiro atoms. The van der Waals surface area contributed by atoms with Gasteiger partial charge in [0.2, 0.25) is 0 Å². The Bertz CT molecular complexity index is 473. The van der Waals surface area contributed by atoms with Crippen molar-refractivity contribution in [3.8, 4) is 0 Å². The molecule has 0 amide bonds. The van der Waals surface area contributed by atoms with Gasteiger partial charge in [0.25, 0.3) is 0 Å². The van der Waals surface area contributed by atoms with Crippen molar-refractivity contribution in [1.29, 1.82) is 0 Å². The summed E-state index contributed by atoms with van der Waals surface area (Å²) in [5.41, 5.74) is 0. The standard InChI is InChI=1S/C12H19N3O3S2/c1-19-12(4-2-3-5-12)8-15-9(6-16)13-14-11(15)20-7-10(17)18/h16H,2-8H2,1H3,(H,17,18). The van der Waals surface area contributed by atoms with E-state index in [9.17, 15) is 9.90 Å². The first kappa shape index (κ1) is 15.7. The number of carbonyl (C=O) groups is 1. The van der Waals surface area contributed by atoms with E-state index < -0.39 is 5.97 Å². The fraction of sp³-hybridized carbons (Fsp3) is 0.750. The fourth-order valence-electron chi connectivity index (χ4n) is 2.56. The number of thioether (sulfide) groups is 2. The normalized spacial score (nSPS) is 17.5. The van der Waals surface area contributed by atoms with Crippen LogP contribution in [0.25, 0.3) is 0 Å². The predicted octanol–water partition coefficient (Wildman–Crippen LogP) is 1.62. The maximum Gasteiger partial charge on any atom is 0.313 e. The first-order valence-corrected chi connectivity index (χ1v) is 8.74. The summed E-state index contributed by atoms with van der Waals surface area (Å²) in [5.74, 6) is -0.413. The smallest absolute Gasteiger partial charge is 0.313 e. The molecule has 0 radical (unpaired) electrons. The highest BCUT2D eigenvalue weighted by atomic mass is 32.2. The van der Waals surface area contributed by atoms with Gasteiger partial charge in [0.1, 0.15) is 6.61 Å². The van der Waals surface area contributed by atoms with Gasteiger partial charge in [-0.25, -0.2) is 0 Å². The molecule has 1 aromatic heterocycles. The van der Waals surface area contributed by atoms with Gasteiger partial charge in [-0.15, -0.1) is 10.2 Å². The van der Waals surface area contributed by atoms with Gasteiger partial charge in [-0.2, -0.15) is 11.8 Å². The summed E-state index contributed by atoms with van der Waals surface area (Å²) in [7, 11) is 0. The molecule has 0 atom stereocenters. The minimum atomic E-state index is -0.879. The minimum absolute atomic E-state index is 0.0458. The Hall–Kier alpha value is -0.730. The molecule has 8 heteroatoms. The molecule has 1 saturated carbocycles. The van der Waals surface area contributed by atoms with Crippen molar-refractivity contribution in [1.82, 2.24) is 14.8 Å². The molecule has 2 N–H and O–H groups in total. The molecule has 1 aliphatic carbocycles. The minimum Gasteiger partial charge on any atom is -0.481 e. The lowest BCUT2D eigenvalue weighted by Crippen LogP contribution is -2.28. The molecule has 1 aromatic rings. The lowest BCUT2D eigenvalue weighted by molar-refractivity contribution is -0.133. The molecule has 20 heavy (non-hydrogen) atoms. The van der Waals surface area contributed by atoms with Gasteiger partial charge >= 0.3 is 5.97 Å². The van der Waals surface area contributed by atoms with Gasteiger partial charge < -0.3 is 14.8 Å². The quantitative estimate of drug-likeness (QED) is 0.739. The van der Waals surface area contributed by atoms with Crippen LogP contribution >= 0.6 is 23.5 Å². The number of aliphatic hydroxyl groups is 1. The zero-order valence-electron chi connectivity index (χ0n) is 11.4. The highest BCUT2D eigenvalue weighted by molar-refractivity contribution is 8.00. The van der Waals surface area contributed by atoms with Crippen molar-refractivity contribution in [2.45, 2.75) is 48.7 Å². The van der Waals surface area contributed by atoms with Crippen molar-refractivity contribution in [3.05, 3.63) is 5.82 Å². The molecule has 0 saturated heterocycles. The molecule has 2 rings (SSSR count). The molecular weight excluding hydrogens is 298 g/mol. The molecule has 1 fully saturated rings. The van der Waals surface area contributed by atoms with Crippen LogP contribution in [-0.4, -0.2) is 47.7 Å². The van der Waals surface area contributed by atoms with Crippen molar-refractivity contribution < 1.29 is 15.0 Å². The van der Waals surface area contributed by atoms with Crippen LogP contribution in [0.2, 0.25) is 0 Å². The van der Waals surface area contributed by atoms with Crippen molar-refractivity contribution >= 4 is 29.5 Å². The molecule has 6 nitrogen and oxygen atoms in total. The van der Waals surface area contributed by atoms with E-state index in [1.807, 2.05) is 16.3 Å². The molecule has 0 unspecified atom stereocenters. The second-order valence-electron chi connectivity index (χ2n) is 4.92. The number of nitrogens with zero attached hydrogens (tertiary/aromatic N) is 3. The number of aliphatic carboxylic acids is 1. The van der Waals surface area contributed by atoms with Crippen LogP contribution in [0, 0.1) is 0 Å². The van der Waals surface area contributed by atoms with E-state index in [0.29, 0.717) is 11.0 Å². The Morgan fingerprint density at radius 3 is 2.65 bits per heavy atom. The van der Waals surface area contributed by atoms with Gasteiger partial charge in [-0.1, -0.05) is 24.6 Å². The van der Waals surface area contributed by atoms with Gasteiger partial charge in [0, 0.05) is 11.3 Å². The van der Waals surface area contributed by atoms with Crippen molar-refractivity contribution in [2.24, 2.45) is 0 Å². The van der Waals surface area contributed by atoms with Crippen molar-refractivity contribution in [2.75, 3.05) is 12.0 Å². The molecule has 1 heterocycles. The second-order valence-corrected chi connectivity index (χ2v) is 7.14. The van der Waals surface area contributed by atoms with E-state index in [2.05, 4.69) is 16.5 Å². The van der Waals surface area contributed by atoms with Crippen LogP contribution in [0.15, 0.2) is 5.16 Å². The van der Waals surface area contributed by atoms with Gasteiger partial charge in [-0.05, 0) is 19.1 Å². The fourth-order valence-corrected chi connectivity index (χ4v) is 4.19. The summed E-state index contributed by atoms with van der Waals surface area (Å²) in [6.07, 6.45) is 6.82. The van der Waals surface area contributed by atoms with Crippen molar-refractivity contribution in [3.63, 3.8) is 0 Å². The summed E-state index contributed by atoms with van der Waals surface area (Å²) in [4.78, 5) is 10.7. The summed E-state index contributed by atoms with van der Waals surface area (Å²) >= 11 is 3.00. The zero-order chi connectivity index (χ0) is 14.6. The van der Waals surface area contributed by atoms with Crippen LogP contribution in [0.5, 0.6) is 0 Å².